The number of piperidine rings is 3. The Labute approximate surface area is 177 Å². The summed E-state index contributed by atoms with van der Waals surface area (Å²) in [7, 11) is 0. The Bertz CT molecular complexity index is 811. The number of anilines is 1. The maximum absolute atomic E-state index is 13.1. The third-order valence-electron chi connectivity index (χ3n) is 6.41. The van der Waals surface area contributed by atoms with Gasteiger partial charge in [0.15, 0.2) is 0 Å². The fraction of sp³-hybridized carbons (Fsp3) is 0.609. The first-order chi connectivity index (χ1) is 14.5. The minimum absolute atomic E-state index is 0.00268. The van der Waals surface area contributed by atoms with E-state index in [0.29, 0.717) is 37.7 Å². The van der Waals surface area contributed by atoms with Crippen LogP contribution in [0.5, 0.6) is 0 Å². The van der Waals surface area contributed by atoms with Crippen LogP contribution < -0.4 is 10.2 Å². The van der Waals surface area contributed by atoms with Crippen LogP contribution in [0.25, 0.3) is 0 Å². The van der Waals surface area contributed by atoms with Crippen molar-refractivity contribution in [1.82, 2.24) is 10.2 Å². The van der Waals surface area contributed by atoms with E-state index in [1.54, 1.807) is 4.90 Å². The summed E-state index contributed by atoms with van der Waals surface area (Å²) in [5.74, 6) is -0.206. The number of benzene rings is 1. The van der Waals surface area contributed by atoms with Crippen LogP contribution in [0, 0.1) is 6.92 Å². The van der Waals surface area contributed by atoms with Crippen molar-refractivity contribution in [3.05, 3.63) is 29.3 Å². The first-order valence-electron chi connectivity index (χ1n) is 11.1. The van der Waals surface area contributed by atoms with E-state index in [2.05, 4.69) is 5.32 Å². The average molecular weight is 414 g/mol. The van der Waals surface area contributed by atoms with E-state index in [0.717, 1.165) is 50.0 Å². The topological polar surface area (TPSA) is 79.0 Å². The molecule has 1 aromatic carbocycles. The maximum Gasteiger partial charge on any atom is 0.253 e. The van der Waals surface area contributed by atoms with Crippen LogP contribution >= 0.6 is 0 Å². The fourth-order valence-electron chi connectivity index (χ4n) is 4.58. The first kappa shape index (κ1) is 21.0. The minimum Gasteiger partial charge on any atom is -0.375 e. The maximum atomic E-state index is 13.1. The monoisotopic (exact) mass is 413 g/mol. The summed E-state index contributed by atoms with van der Waals surface area (Å²) < 4.78 is 6.25. The van der Waals surface area contributed by atoms with Gasteiger partial charge in [0.1, 0.15) is 5.78 Å². The molecule has 0 unspecified atom stereocenters. The fourth-order valence-corrected chi connectivity index (χ4v) is 4.58. The highest BCUT2D eigenvalue weighted by molar-refractivity contribution is 6.09. The third-order valence-corrected chi connectivity index (χ3v) is 6.41. The largest absolute Gasteiger partial charge is 0.375 e. The van der Waals surface area contributed by atoms with Gasteiger partial charge in [-0.3, -0.25) is 14.4 Å². The SMILES string of the molecule is Cc1ccc(C(=O)N2CCC(OC3CCNCC3)CC2)cc1N1CCC(=O)CC1=O. The van der Waals surface area contributed by atoms with Crippen molar-refractivity contribution in [2.75, 3.05) is 37.6 Å². The zero-order valence-electron chi connectivity index (χ0n) is 17.7. The van der Waals surface area contributed by atoms with Gasteiger partial charge in [0.05, 0.1) is 18.6 Å². The molecule has 0 aromatic heterocycles. The highest BCUT2D eigenvalue weighted by Gasteiger charge is 2.29. The second kappa shape index (κ2) is 9.27. The average Bonchev–Trinajstić information content (AvgIpc) is 2.75. The molecule has 162 valence electrons. The first-order valence-corrected chi connectivity index (χ1v) is 11.1. The smallest absolute Gasteiger partial charge is 0.253 e. The van der Waals surface area contributed by atoms with Gasteiger partial charge in [0.25, 0.3) is 5.91 Å². The van der Waals surface area contributed by atoms with Gasteiger partial charge in [0.2, 0.25) is 5.91 Å². The van der Waals surface area contributed by atoms with Crippen molar-refractivity contribution < 1.29 is 19.1 Å². The molecule has 3 heterocycles. The van der Waals surface area contributed by atoms with Crippen molar-refractivity contribution in [3.8, 4) is 0 Å². The van der Waals surface area contributed by atoms with Crippen molar-refractivity contribution in [1.29, 1.82) is 0 Å². The predicted octanol–water partition coefficient (Wildman–Crippen LogP) is 2.06. The van der Waals surface area contributed by atoms with Crippen LogP contribution in [0.3, 0.4) is 0 Å². The normalized spacial score (nSPS) is 21.9. The number of ether oxygens (including phenoxy) is 1. The lowest BCUT2D eigenvalue weighted by Crippen LogP contribution is -2.43. The Balaban J connectivity index is 1.38. The number of Topliss-reactive ketones (excluding diaryl/α,β-unsaturated/α-hetero) is 1. The molecule has 3 saturated heterocycles. The predicted molar refractivity (Wildman–Crippen MR) is 114 cm³/mol. The number of aryl methyl sites for hydroxylation is 1. The quantitative estimate of drug-likeness (QED) is 0.765. The van der Waals surface area contributed by atoms with E-state index in [1.807, 2.05) is 30.0 Å². The Morgan fingerprint density at radius 2 is 1.73 bits per heavy atom. The van der Waals surface area contributed by atoms with Crippen molar-refractivity contribution in [3.63, 3.8) is 0 Å². The van der Waals surface area contributed by atoms with Gasteiger partial charge in [-0.15, -0.1) is 0 Å². The Morgan fingerprint density at radius 3 is 2.43 bits per heavy atom. The number of nitrogens with one attached hydrogen (secondary N) is 1. The zero-order valence-corrected chi connectivity index (χ0v) is 17.7. The Hall–Kier alpha value is -2.25. The van der Waals surface area contributed by atoms with Crippen molar-refractivity contribution >= 4 is 23.3 Å². The summed E-state index contributed by atoms with van der Waals surface area (Å²) in [6.07, 6.45) is 4.73. The molecule has 0 atom stereocenters. The van der Waals surface area contributed by atoms with E-state index >= 15 is 0 Å². The van der Waals surface area contributed by atoms with Gasteiger partial charge in [0, 0.05) is 37.3 Å². The van der Waals surface area contributed by atoms with E-state index < -0.39 is 0 Å². The van der Waals surface area contributed by atoms with Crippen LogP contribution in [0.1, 0.15) is 54.4 Å². The Kier molecular flexibility index (Phi) is 6.49. The molecule has 0 bridgehead atoms. The minimum atomic E-state index is -0.185. The van der Waals surface area contributed by atoms with Crippen LogP contribution in [0.15, 0.2) is 18.2 Å². The standard InChI is InChI=1S/C23H31N3O4/c1-16-2-3-17(14-21(16)26-13-6-18(27)15-22(26)28)23(29)25-11-7-20(8-12-25)30-19-4-9-24-10-5-19/h2-3,14,19-20,24H,4-13,15H2,1H3. The van der Waals surface area contributed by atoms with Crippen LogP contribution in [0.2, 0.25) is 0 Å². The summed E-state index contributed by atoms with van der Waals surface area (Å²) in [5.41, 5.74) is 2.27. The molecular formula is C23H31N3O4. The highest BCUT2D eigenvalue weighted by Crippen LogP contribution is 2.27. The molecule has 1 aromatic rings. The third kappa shape index (κ3) is 4.73. The molecule has 2 amide bonds. The van der Waals surface area contributed by atoms with Gasteiger partial charge >= 0.3 is 0 Å². The molecule has 3 fully saturated rings. The van der Waals surface area contributed by atoms with Gasteiger partial charge in [-0.05, 0) is 63.4 Å². The number of amides is 2. The summed E-state index contributed by atoms with van der Waals surface area (Å²) in [4.78, 5) is 40.5. The van der Waals surface area contributed by atoms with Crippen LogP contribution in [0.4, 0.5) is 5.69 Å². The molecule has 0 saturated carbocycles. The van der Waals surface area contributed by atoms with Crippen LogP contribution in [-0.2, 0) is 14.3 Å². The molecule has 30 heavy (non-hydrogen) atoms. The van der Waals surface area contributed by atoms with E-state index in [-0.39, 0.29) is 30.1 Å². The van der Waals surface area contributed by atoms with Crippen LogP contribution in [-0.4, -0.2) is 67.4 Å². The zero-order chi connectivity index (χ0) is 21.1. The number of carbonyl (C=O) groups is 3. The second-order valence-corrected chi connectivity index (χ2v) is 8.59. The highest BCUT2D eigenvalue weighted by atomic mass is 16.5. The number of carbonyl (C=O) groups excluding carboxylic acids is 3. The molecule has 7 nitrogen and oxygen atoms in total. The van der Waals surface area contributed by atoms with Gasteiger partial charge in [-0.2, -0.15) is 0 Å². The lowest BCUT2D eigenvalue weighted by molar-refractivity contribution is -0.128. The summed E-state index contributed by atoms with van der Waals surface area (Å²) in [6, 6.07) is 5.53. The van der Waals surface area contributed by atoms with Gasteiger partial charge in [-0.1, -0.05) is 6.07 Å². The lowest BCUT2D eigenvalue weighted by atomic mass is 10.0. The van der Waals surface area contributed by atoms with Gasteiger partial charge in [-0.25, -0.2) is 0 Å². The Morgan fingerprint density at radius 1 is 1.03 bits per heavy atom. The molecule has 0 aliphatic carbocycles. The van der Waals surface area contributed by atoms with Crippen molar-refractivity contribution in [2.24, 2.45) is 0 Å². The van der Waals surface area contributed by atoms with Crippen molar-refractivity contribution in [2.45, 2.75) is 57.7 Å². The molecule has 3 aliphatic rings. The molecule has 4 rings (SSSR count). The number of likely N-dealkylation sites (tertiary alicyclic amines) is 1. The number of hydrogen-bond donors (Lipinski definition) is 1. The molecular weight excluding hydrogens is 382 g/mol. The summed E-state index contributed by atoms with van der Waals surface area (Å²) >= 11 is 0. The van der Waals surface area contributed by atoms with E-state index in [1.165, 1.54) is 0 Å². The number of nitrogens with zero attached hydrogens (tertiary/aromatic N) is 2. The van der Waals surface area contributed by atoms with E-state index in [9.17, 15) is 14.4 Å². The molecule has 1 N–H and O–H groups in total. The number of hydrogen-bond acceptors (Lipinski definition) is 5. The number of rotatable bonds is 4. The molecule has 3 aliphatic heterocycles. The molecule has 0 spiro atoms. The number of ketones is 1. The summed E-state index contributed by atoms with van der Waals surface area (Å²) in [6.45, 7) is 5.73. The molecule has 0 radical (unpaired) electrons. The second-order valence-electron chi connectivity index (χ2n) is 8.59. The molecule has 7 heteroatoms. The lowest BCUT2D eigenvalue weighted by Gasteiger charge is -2.35. The summed E-state index contributed by atoms with van der Waals surface area (Å²) in [5, 5.41) is 3.36. The van der Waals surface area contributed by atoms with E-state index in [4.69, 9.17) is 4.74 Å². The van der Waals surface area contributed by atoms with Gasteiger partial charge < -0.3 is 19.9 Å².